The van der Waals surface area contributed by atoms with Crippen molar-refractivity contribution in [2.75, 3.05) is 0 Å². The van der Waals surface area contributed by atoms with Gasteiger partial charge in [-0.05, 0) is 17.5 Å². The molecule has 1 unspecified atom stereocenters. The van der Waals surface area contributed by atoms with Crippen molar-refractivity contribution in [2.45, 2.75) is 19.4 Å². The van der Waals surface area contributed by atoms with Crippen LogP contribution in [0.25, 0.3) is 11.4 Å². The molecule has 3 rings (SSSR count). The number of aryl methyl sites for hydroxylation is 2. The van der Waals surface area contributed by atoms with Crippen LogP contribution in [0.4, 0.5) is 0 Å². The number of benzene rings is 2. The molecule has 3 aromatic rings. The van der Waals surface area contributed by atoms with Crippen LogP contribution >= 0.6 is 0 Å². The number of aliphatic hydroxyl groups is 1. The van der Waals surface area contributed by atoms with Crippen LogP contribution in [0, 0.1) is 0 Å². The lowest BCUT2D eigenvalue weighted by Crippen LogP contribution is -2.08. The third kappa shape index (κ3) is 2.78. The maximum absolute atomic E-state index is 10.6. The lowest BCUT2D eigenvalue weighted by molar-refractivity contribution is 0.204. The highest BCUT2D eigenvalue weighted by Gasteiger charge is 2.18. The highest BCUT2D eigenvalue weighted by Crippen LogP contribution is 2.23. The normalized spacial score (nSPS) is 12.3. The molecular formula is C18H19N3O. The Hall–Kier alpha value is -2.46. The smallest absolute Gasteiger partial charge is 0.181 e. The fourth-order valence-electron chi connectivity index (χ4n) is 2.48. The molecule has 4 nitrogen and oxygen atoms in total. The summed E-state index contributed by atoms with van der Waals surface area (Å²) in [5.74, 6) is 1.18. The van der Waals surface area contributed by atoms with Gasteiger partial charge < -0.3 is 5.11 Å². The molecule has 0 saturated heterocycles. The summed E-state index contributed by atoms with van der Waals surface area (Å²) in [4.78, 5) is 4.51. The molecule has 0 radical (unpaired) electrons. The average molecular weight is 293 g/mol. The Bertz CT molecular complexity index is 765. The van der Waals surface area contributed by atoms with Gasteiger partial charge in [-0.3, -0.25) is 0 Å². The van der Waals surface area contributed by atoms with E-state index in [1.54, 1.807) is 4.68 Å². The minimum Gasteiger partial charge on any atom is -0.380 e. The summed E-state index contributed by atoms with van der Waals surface area (Å²) in [6, 6.07) is 17.7. The van der Waals surface area contributed by atoms with Crippen molar-refractivity contribution in [3.8, 4) is 11.4 Å². The SMILES string of the molecule is CCc1cccc(C(O)c2nc(-c3ccccc3)nn2C)c1. The Morgan fingerprint density at radius 3 is 2.59 bits per heavy atom. The molecule has 0 saturated carbocycles. The predicted octanol–water partition coefficient (Wildman–Crippen LogP) is 3.13. The first kappa shape index (κ1) is 14.5. The van der Waals surface area contributed by atoms with Crippen LogP contribution in [0.3, 0.4) is 0 Å². The molecule has 0 aliphatic heterocycles. The van der Waals surface area contributed by atoms with E-state index >= 15 is 0 Å². The minimum absolute atomic E-state index is 0.548. The average Bonchev–Trinajstić information content (AvgIpc) is 2.97. The van der Waals surface area contributed by atoms with Gasteiger partial charge in [0.25, 0.3) is 0 Å². The van der Waals surface area contributed by atoms with E-state index < -0.39 is 6.10 Å². The maximum atomic E-state index is 10.6. The van der Waals surface area contributed by atoms with Gasteiger partial charge in [0, 0.05) is 12.6 Å². The van der Waals surface area contributed by atoms with Gasteiger partial charge in [0.15, 0.2) is 11.6 Å². The van der Waals surface area contributed by atoms with Gasteiger partial charge in [-0.15, -0.1) is 0 Å². The molecule has 0 fully saturated rings. The number of hydrogen-bond donors (Lipinski definition) is 1. The fraction of sp³-hybridized carbons (Fsp3) is 0.222. The molecule has 1 atom stereocenters. The number of rotatable bonds is 4. The summed E-state index contributed by atoms with van der Waals surface area (Å²) >= 11 is 0. The van der Waals surface area contributed by atoms with Crippen molar-refractivity contribution in [1.29, 1.82) is 0 Å². The van der Waals surface area contributed by atoms with E-state index in [1.165, 1.54) is 5.56 Å². The van der Waals surface area contributed by atoms with E-state index in [0.29, 0.717) is 11.6 Å². The van der Waals surface area contributed by atoms with Gasteiger partial charge in [0.05, 0.1) is 0 Å². The minimum atomic E-state index is -0.776. The molecule has 4 heteroatoms. The number of aromatic nitrogens is 3. The van der Waals surface area contributed by atoms with Gasteiger partial charge >= 0.3 is 0 Å². The molecule has 0 bridgehead atoms. The predicted molar refractivity (Wildman–Crippen MR) is 86.3 cm³/mol. The van der Waals surface area contributed by atoms with E-state index in [0.717, 1.165) is 17.5 Å². The van der Waals surface area contributed by atoms with E-state index in [4.69, 9.17) is 0 Å². The summed E-state index contributed by atoms with van der Waals surface area (Å²) in [6.45, 7) is 2.10. The molecule has 112 valence electrons. The topological polar surface area (TPSA) is 50.9 Å². The van der Waals surface area contributed by atoms with Crippen molar-refractivity contribution in [2.24, 2.45) is 7.05 Å². The summed E-state index contributed by atoms with van der Waals surface area (Å²) in [5, 5.41) is 15.0. The van der Waals surface area contributed by atoms with Crippen LogP contribution in [0.5, 0.6) is 0 Å². The van der Waals surface area contributed by atoms with Crippen molar-refractivity contribution < 1.29 is 5.11 Å². The van der Waals surface area contributed by atoms with Crippen molar-refractivity contribution in [3.63, 3.8) is 0 Å². The second kappa shape index (κ2) is 6.12. The molecule has 1 heterocycles. The number of aliphatic hydroxyl groups excluding tert-OH is 1. The largest absolute Gasteiger partial charge is 0.380 e. The summed E-state index contributed by atoms with van der Waals surface area (Å²) < 4.78 is 1.64. The Morgan fingerprint density at radius 2 is 1.86 bits per heavy atom. The van der Waals surface area contributed by atoms with Crippen molar-refractivity contribution >= 4 is 0 Å². The van der Waals surface area contributed by atoms with Crippen molar-refractivity contribution in [1.82, 2.24) is 14.8 Å². The number of hydrogen-bond acceptors (Lipinski definition) is 3. The van der Waals surface area contributed by atoms with E-state index in [2.05, 4.69) is 23.1 Å². The van der Waals surface area contributed by atoms with E-state index in [1.807, 2.05) is 55.6 Å². The lowest BCUT2D eigenvalue weighted by atomic mass is 10.0. The highest BCUT2D eigenvalue weighted by atomic mass is 16.3. The van der Waals surface area contributed by atoms with Crippen LogP contribution in [0.1, 0.15) is 30.0 Å². The van der Waals surface area contributed by atoms with Crippen LogP contribution < -0.4 is 0 Å². The number of nitrogens with zero attached hydrogens (tertiary/aromatic N) is 3. The van der Waals surface area contributed by atoms with Crippen LogP contribution in [-0.4, -0.2) is 19.9 Å². The lowest BCUT2D eigenvalue weighted by Gasteiger charge is -2.10. The third-order valence-corrected chi connectivity index (χ3v) is 3.75. The molecule has 22 heavy (non-hydrogen) atoms. The summed E-state index contributed by atoms with van der Waals surface area (Å²) in [6.07, 6.45) is 0.163. The fourth-order valence-corrected chi connectivity index (χ4v) is 2.48. The van der Waals surface area contributed by atoms with Gasteiger partial charge in [0.2, 0.25) is 0 Å². The Labute approximate surface area is 130 Å². The quantitative estimate of drug-likeness (QED) is 0.804. The first-order valence-electron chi connectivity index (χ1n) is 7.42. The second-order valence-corrected chi connectivity index (χ2v) is 5.28. The van der Waals surface area contributed by atoms with E-state index in [-0.39, 0.29) is 0 Å². The monoisotopic (exact) mass is 293 g/mol. The van der Waals surface area contributed by atoms with Gasteiger partial charge in [-0.25, -0.2) is 9.67 Å². The highest BCUT2D eigenvalue weighted by molar-refractivity contribution is 5.54. The van der Waals surface area contributed by atoms with Gasteiger partial charge in [-0.2, -0.15) is 5.10 Å². The van der Waals surface area contributed by atoms with Crippen molar-refractivity contribution in [3.05, 3.63) is 71.5 Å². The Balaban J connectivity index is 1.96. The summed E-state index contributed by atoms with van der Waals surface area (Å²) in [7, 11) is 1.81. The first-order chi connectivity index (χ1) is 10.7. The first-order valence-corrected chi connectivity index (χ1v) is 7.42. The zero-order valence-electron chi connectivity index (χ0n) is 12.8. The molecule has 0 aliphatic carbocycles. The molecule has 0 amide bonds. The van der Waals surface area contributed by atoms with Crippen LogP contribution in [-0.2, 0) is 13.5 Å². The van der Waals surface area contributed by atoms with Gasteiger partial charge in [-0.1, -0.05) is 61.5 Å². The van der Waals surface area contributed by atoms with Crippen LogP contribution in [0.15, 0.2) is 54.6 Å². The molecule has 0 spiro atoms. The van der Waals surface area contributed by atoms with Crippen LogP contribution in [0.2, 0.25) is 0 Å². The molecule has 1 aromatic heterocycles. The van der Waals surface area contributed by atoms with E-state index in [9.17, 15) is 5.11 Å². The second-order valence-electron chi connectivity index (χ2n) is 5.28. The molecule has 1 N–H and O–H groups in total. The third-order valence-electron chi connectivity index (χ3n) is 3.75. The Kier molecular flexibility index (Phi) is 4.02. The Morgan fingerprint density at radius 1 is 1.09 bits per heavy atom. The van der Waals surface area contributed by atoms with Gasteiger partial charge in [0.1, 0.15) is 6.10 Å². The standard InChI is InChI=1S/C18H19N3O/c1-3-13-8-7-11-15(12-13)16(22)18-19-17(20-21(18)2)14-9-5-4-6-10-14/h4-12,16,22H,3H2,1-2H3. The molecule has 0 aliphatic rings. The molecule has 2 aromatic carbocycles. The maximum Gasteiger partial charge on any atom is 0.181 e. The zero-order valence-corrected chi connectivity index (χ0v) is 12.8. The summed E-state index contributed by atoms with van der Waals surface area (Å²) in [5.41, 5.74) is 2.98. The zero-order chi connectivity index (χ0) is 15.5. The molecular weight excluding hydrogens is 274 g/mol.